The SMILES string of the molecule is CCCCOc1ccc(-c2ccccc2-c2ccc(C(C)OC(C)=O)cc2)cc1. The Hall–Kier alpha value is -3.07. The van der Waals surface area contributed by atoms with Crippen molar-refractivity contribution in [3.05, 3.63) is 78.4 Å². The minimum absolute atomic E-state index is 0.253. The number of rotatable bonds is 8. The molecule has 0 saturated carbocycles. The molecule has 0 saturated heterocycles. The third kappa shape index (κ3) is 5.47. The normalized spacial score (nSPS) is 11.7. The number of carbonyl (C=O) groups excluding carboxylic acids is 1. The molecule has 150 valence electrons. The van der Waals surface area contributed by atoms with Crippen LogP contribution in [0.4, 0.5) is 0 Å². The fraction of sp³-hybridized carbons (Fsp3) is 0.269. The Labute approximate surface area is 173 Å². The third-order valence-corrected chi connectivity index (χ3v) is 4.89. The first-order valence-corrected chi connectivity index (χ1v) is 10.2. The van der Waals surface area contributed by atoms with E-state index in [2.05, 4.69) is 55.5 Å². The van der Waals surface area contributed by atoms with Crippen molar-refractivity contribution in [2.45, 2.75) is 39.7 Å². The van der Waals surface area contributed by atoms with Crippen LogP contribution in [0.2, 0.25) is 0 Å². The number of hydrogen-bond acceptors (Lipinski definition) is 3. The standard InChI is InChI=1S/C26H28O3/c1-4-5-18-28-24-16-14-23(15-17-24)26-9-7-6-8-25(26)22-12-10-21(11-13-22)19(2)29-20(3)27/h6-17,19H,4-5,18H2,1-3H3. The first-order chi connectivity index (χ1) is 14.1. The molecule has 3 rings (SSSR count). The average Bonchev–Trinajstić information content (AvgIpc) is 2.74. The van der Waals surface area contributed by atoms with Crippen LogP contribution in [0.15, 0.2) is 72.8 Å². The minimum atomic E-state index is -0.269. The van der Waals surface area contributed by atoms with Gasteiger partial charge in [-0.2, -0.15) is 0 Å². The van der Waals surface area contributed by atoms with Crippen LogP contribution in [0.25, 0.3) is 22.3 Å². The predicted molar refractivity (Wildman–Crippen MR) is 118 cm³/mol. The Bertz CT molecular complexity index is 927. The summed E-state index contributed by atoms with van der Waals surface area (Å²) >= 11 is 0. The first kappa shape index (κ1) is 20.7. The maximum Gasteiger partial charge on any atom is 0.303 e. The van der Waals surface area contributed by atoms with Crippen LogP contribution in [-0.4, -0.2) is 12.6 Å². The molecule has 1 unspecified atom stereocenters. The number of hydrogen-bond donors (Lipinski definition) is 0. The highest BCUT2D eigenvalue weighted by Gasteiger charge is 2.11. The van der Waals surface area contributed by atoms with E-state index in [4.69, 9.17) is 9.47 Å². The van der Waals surface area contributed by atoms with Crippen LogP contribution >= 0.6 is 0 Å². The van der Waals surface area contributed by atoms with Gasteiger partial charge in [0.15, 0.2) is 0 Å². The van der Waals surface area contributed by atoms with Gasteiger partial charge in [0, 0.05) is 6.92 Å². The Morgan fingerprint density at radius 3 is 1.93 bits per heavy atom. The van der Waals surface area contributed by atoms with Crippen molar-refractivity contribution >= 4 is 5.97 Å². The van der Waals surface area contributed by atoms with E-state index in [1.807, 2.05) is 31.2 Å². The molecule has 3 nitrogen and oxygen atoms in total. The Morgan fingerprint density at radius 2 is 1.41 bits per heavy atom. The van der Waals surface area contributed by atoms with Gasteiger partial charge >= 0.3 is 5.97 Å². The molecule has 0 bridgehead atoms. The Kier molecular flexibility index (Phi) is 7.07. The maximum atomic E-state index is 11.2. The molecule has 0 amide bonds. The molecule has 0 heterocycles. The molecule has 0 spiro atoms. The molecule has 3 heteroatoms. The lowest BCUT2D eigenvalue weighted by atomic mass is 9.94. The van der Waals surface area contributed by atoms with E-state index < -0.39 is 0 Å². The van der Waals surface area contributed by atoms with Gasteiger partial charge in [-0.05, 0) is 53.3 Å². The molecular weight excluding hydrogens is 360 g/mol. The van der Waals surface area contributed by atoms with E-state index >= 15 is 0 Å². The van der Waals surface area contributed by atoms with Crippen LogP contribution in [-0.2, 0) is 9.53 Å². The highest BCUT2D eigenvalue weighted by molar-refractivity contribution is 5.83. The highest BCUT2D eigenvalue weighted by Crippen LogP contribution is 2.33. The summed E-state index contributed by atoms with van der Waals surface area (Å²) in [5.41, 5.74) is 5.60. The number of ether oxygens (including phenoxy) is 2. The molecule has 0 N–H and O–H groups in total. The van der Waals surface area contributed by atoms with Crippen LogP contribution < -0.4 is 4.74 Å². The Morgan fingerprint density at radius 1 is 0.862 bits per heavy atom. The lowest BCUT2D eigenvalue weighted by Crippen LogP contribution is -2.04. The summed E-state index contributed by atoms with van der Waals surface area (Å²) < 4.78 is 11.0. The topological polar surface area (TPSA) is 35.5 Å². The van der Waals surface area contributed by atoms with Crippen molar-refractivity contribution in [2.75, 3.05) is 6.61 Å². The lowest BCUT2D eigenvalue weighted by molar-refractivity contribution is -0.145. The summed E-state index contributed by atoms with van der Waals surface area (Å²) in [6, 6.07) is 24.9. The maximum absolute atomic E-state index is 11.2. The molecule has 0 aromatic heterocycles. The van der Waals surface area contributed by atoms with E-state index in [1.54, 1.807) is 0 Å². The monoisotopic (exact) mass is 388 g/mol. The molecule has 0 aliphatic rings. The van der Waals surface area contributed by atoms with Gasteiger partial charge < -0.3 is 9.47 Å². The van der Waals surface area contributed by atoms with Gasteiger partial charge in [0.05, 0.1) is 6.61 Å². The zero-order valence-electron chi connectivity index (χ0n) is 17.4. The quantitative estimate of drug-likeness (QED) is 0.314. The zero-order valence-corrected chi connectivity index (χ0v) is 17.4. The molecule has 3 aromatic carbocycles. The van der Waals surface area contributed by atoms with Gasteiger partial charge in [-0.1, -0.05) is 74.0 Å². The van der Waals surface area contributed by atoms with E-state index in [0.717, 1.165) is 41.9 Å². The number of carbonyl (C=O) groups is 1. The third-order valence-electron chi connectivity index (χ3n) is 4.89. The summed E-state index contributed by atoms with van der Waals surface area (Å²) in [5, 5.41) is 0. The van der Waals surface area contributed by atoms with Gasteiger partial charge in [0.25, 0.3) is 0 Å². The summed E-state index contributed by atoms with van der Waals surface area (Å²) in [5.74, 6) is 0.637. The Balaban J connectivity index is 1.83. The van der Waals surface area contributed by atoms with Gasteiger partial charge in [-0.3, -0.25) is 4.79 Å². The molecule has 0 fully saturated rings. The van der Waals surface area contributed by atoms with Crippen molar-refractivity contribution in [3.63, 3.8) is 0 Å². The molecule has 0 aliphatic heterocycles. The van der Waals surface area contributed by atoms with Gasteiger partial charge in [-0.15, -0.1) is 0 Å². The molecule has 1 atom stereocenters. The largest absolute Gasteiger partial charge is 0.494 e. The average molecular weight is 389 g/mol. The zero-order chi connectivity index (χ0) is 20.6. The van der Waals surface area contributed by atoms with Crippen LogP contribution in [0.5, 0.6) is 5.75 Å². The van der Waals surface area contributed by atoms with Crippen LogP contribution in [0, 0.1) is 0 Å². The van der Waals surface area contributed by atoms with Crippen molar-refractivity contribution in [1.29, 1.82) is 0 Å². The van der Waals surface area contributed by atoms with E-state index in [0.29, 0.717) is 0 Å². The lowest BCUT2D eigenvalue weighted by Gasteiger charge is -2.14. The molecule has 0 radical (unpaired) electrons. The fourth-order valence-electron chi connectivity index (χ4n) is 3.30. The van der Waals surface area contributed by atoms with Gasteiger partial charge in [-0.25, -0.2) is 0 Å². The summed E-state index contributed by atoms with van der Waals surface area (Å²) in [4.78, 5) is 11.2. The van der Waals surface area contributed by atoms with E-state index in [-0.39, 0.29) is 12.1 Å². The number of benzene rings is 3. The van der Waals surface area contributed by atoms with Crippen molar-refractivity contribution < 1.29 is 14.3 Å². The van der Waals surface area contributed by atoms with Crippen LogP contribution in [0.1, 0.15) is 45.3 Å². The van der Waals surface area contributed by atoms with Gasteiger partial charge in [0.2, 0.25) is 0 Å². The van der Waals surface area contributed by atoms with E-state index in [9.17, 15) is 4.79 Å². The highest BCUT2D eigenvalue weighted by atomic mass is 16.5. The second-order valence-corrected chi connectivity index (χ2v) is 7.15. The smallest absolute Gasteiger partial charge is 0.303 e. The van der Waals surface area contributed by atoms with Crippen molar-refractivity contribution in [1.82, 2.24) is 0 Å². The second-order valence-electron chi connectivity index (χ2n) is 7.15. The fourth-order valence-corrected chi connectivity index (χ4v) is 3.30. The number of esters is 1. The summed E-state index contributed by atoms with van der Waals surface area (Å²) in [7, 11) is 0. The molecule has 29 heavy (non-hydrogen) atoms. The van der Waals surface area contributed by atoms with Crippen molar-refractivity contribution in [2.24, 2.45) is 0 Å². The molecular formula is C26H28O3. The van der Waals surface area contributed by atoms with Crippen molar-refractivity contribution in [3.8, 4) is 28.0 Å². The first-order valence-electron chi connectivity index (χ1n) is 10.2. The molecule has 3 aromatic rings. The van der Waals surface area contributed by atoms with Crippen LogP contribution in [0.3, 0.4) is 0 Å². The summed E-state index contributed by atoms with van der Waals surface area (Å²) in [6.45, 7) is 6.23. The van der Waals surface area contributed by atoms with Gasteiger partial charge in [0.1, 0.15) is 11.9 Å². The van der Waals surface area contributed by atoms with E-state index in [1.165, 1.54) is 18.1 Å². The number of unbranched alkanes of at least 4 members (excludes halogenated alkanes) is 1. The second kappa shape index (κ2) is 9.92. The minimum Gasteiger partial charge on any atom is -0.494 e. The summed E-state index contributed by atoms with van der Waals surface area (Å²) in [6.07, 6.45) is 1.94. The molecule has 0 aliphatic carbocycles. The predicted octanol–water partition coefficient (Wildman–Crippen LogP) is 6.82.